The van der Waals surface area contributed by atoms with E-state index in [-0.39, 0.29) is 6.10 Å². The number of hydrogen-bond donors (Lipinski definition) is 2. The Morgan fingerprint density at radius 2 is 2.14 bits per heavy atom. The van der Waals surface area contributed by atoms with E-state index in [1.165, 1.54) is 24.2 Å². The molecule has 7 heteroatoms. The number of nitrogens with one attached hydrogen (secondary N) is 2. The molecule has 1 aliphatic heterocycles. The van der Waals surface area contributed by atoms with Crippen molar-refractivity contribution >= 4 is 21.4 Å². The summed E-state index contributed by atoms with van der Waals surface area (Å²) in [5, 5.41) is 3.40. The molecule has 0 aromatic carbocycles. The Labute approximate surface area is 130 Å². The molecule has 1 unspecified atom stereocenters. The second-order valence-corrected chi connectivity index (χ2v) is 8.86. The molecule has 2 aliphatic rings. The fraction of sp³-hybridized carbons (Fsp3) is 0.714. The number of rotatable bonds is 8. The van der Waals surface area contributed by atoms with E-state index in [1.807, 2.05) is 6.07 Å². The van der Waals surface area contributed by atoms with Gasteiger partial charge in [-0.2, -0.15) is 0 Å². The van der Waals surface area contributed by atoms with Crippen LogP contribution in [0.25, 0.3) is 0 Å². The predicted octanol–water partition coefficient (Wildman–Crippen LogP) is 1.85. The molecule has 2 heterocycles. The molecule has 0 bridgehead atoms. The molecule has 2 fully saturated rings. The summed E-state index contributed by atoms with van der Waals surface area (Å²) in [7, 11) is -3.37. The van der Waals surface area contributed by atoms with Gasteiger partial charge in [-0.1, -0.05) is 0 Å². The standard InChI is InChI=1S/C14H22N2O3S2/c17-21(18,16-8-7-12-2-1-9-19-12)14-6-5-13(20-14)10-15-11-3-4-11/h5-6,11-12,15-16H,1-4,7-10H2. The van der Waals surface area contributed by atoms with Crippen molar-refractivity contribution in [2.75, 3.05) is 13.2 Å². The van der Waals surface area contributed by atoms with Gasteiger partial charge in [-0.15, -0.1) is 11.3 Å². The molecule has 21 heavy (non-hydrogen) atoms. The van der Waals surface area contributed by atoms with Crippen LogP contribution in [0.15, 0.2) is 16.3 Å². The van der Waals surface area contributed by atoms with Crippen LogP contribution in [0.3, 0.4) is 0 Å². The molecule has 5 nitrogen and oxygen atoms in total. The van der Waals surface area contributed by atoms with Crippen molar-refractivity contribution in [2.24, 2.45) is 0 Å². The Morgan fingerprint density at radius 3 is 2.86 bits per heavy atom. The largest absolute Gasteiger partial charge is 0.378 e. The first-order valence-electron chi connectivity index (χ1n) is 7.57. The highest BCUT2D eigenvalue weighted by Gasteiger charge is 2.22. The smallest absolute Gasteiger partial charge is 0.250 e. The maximum absolute atomic E-state index is 12.2. The molecule has 1 aromatic rings. The molecule has 1 atom stereocenters. The summed E-state index contributed by atoms with van der Waals surface area (Å²) in [4.78, 5) is 1.07. The summed E-state index contributed by atoms with van der Waals surface area (Å²) in [5.41, 5.74) is 0. The van der Waals surface area contributed by atoms with Crippen molar-refractivity contribution < 1.29 is 13.2 Å². The summed E-state index contributed by atoms with van der Waals surface area (Å²) in [5.74, 6) is 0. The van der Waals surface area contributed by atoms with E-state index in [1.54, 1.807) is 6.07 Å². The van der Waals surface area contributed by atoms with Gasteiger partial charge < -0.3 is 10.1 Å². The van der Waals surface area contributed by atoms with Gasteiger partial charge in [0.1, 0.15) is 4.21 Å². The zero-order chi connectivity index (χ0) is 14.7. The molecule has 2 N–H and O–H groups in total. The average molecular weight is 330 g/mol. The molecule has 1 aliphatic carbocycles. The topological polar surface area (TPSA) is 67.4 Å². The van der Waals surface area contributed by atoms with Crippen LogP contribution in [0.4, 0.5) is 0 Å². The third-order valence-electron chi connectivity index (χ3n) is 3.83. The minimum atomic E-state index is -3.37. The molecule has 118 valence electrons. The molecule has 0 amide bonds. The molecular weight excluding hydrogens is 308 g/mol. The van der Waals surface area contributed by atoms with Crippen LogP contribution in [0.5, 0.6) is 0 Å². The summed E-state index contributed by atoms with van der Waals surface area (Å²) >= 11 is 1.35. The Morgan fingerprint density at radius 1 is 1.29 bits per heavy atom. The fourth-order valence-corrected chi connectivity index (χ4v) is 4.83. The zero-order valence-electron chi connectivity index (χ0n) is 12.0. The Kier molecular flexibility index (Phi) is 4.96. The van der Waals surface area contributed by atoms with E-state index < -0.39 is 10.0 Å². The lowest BCUT2D eigenvalue weighted by molar-refractivity contribution is 0.105. The van der Waals surface area contributed by atoms with Crippen molar-refractivity contribution in [3.8, 4) is 0 Å². The monoisotopic (exact) mass is 330 g/mol. The minimum absolute atomic E-state index is 0.217. The quantitative estimate of drug-likeness (QED) is 0.763. The second-order valence-electron chi connectivity index (χ2n) is 5.70. The van der Waals surface area contributed by atoms with Gasteiger partial charge in [0.25, 0.3) is 0 Å². The number of ether oxygens (including phenoxy) is 1. The van der Waals surface area contributed by atoms with Gasteiger partial charge in [0.2, 0.25) is 10.0 Å². The van der Waals surface area contributed by atoms with Gasteiger partial charge in [0.15, 0.2) is 0 Å². The lowest BCUT2D eigenvalue weighted by atomic mass is 10.2. The van der Waals surface area contributed by atoms with Crippen LogP contribution in [0.1, 0.15) is 37.0 Å². The SMILES string of the molecule is O=S(=O)(NCCC1CCCO1)c1ccc(CNC2CC2)s1. The third kappa shape index (κ3) is 4.50. The maximum atomic E-state index is 12.2. The molecule has 0 radical (unpaired) electrons. The van der Waals surface area contributed by atoms with Crippen molar-refractivity contribution in [3.05, 3.63) is 17.0 Å². The Bertz CT molecular complexity index is 561. The van der Waals surface area contributed by atoms with Gasteiger partial charge >= 0.3 is 0 Å². The number of thiophene rings is 1. The van der Waals surface area contributed by atoms with Crippen molar-refractivity contribution in [2.45, 2.75) is 55.0 Å². The average Bonchev–Trinajstić information content (AvgIpc) is 2.93. The van der Waals surface area contributed by atoms with E-state index in [4.69, 9.17) is 4.74 Å². The van der Waals surface area contributed by atoms with E-state index in [9.17, 15) is 8.42 Å². The van der Waals surface area contributed by atoms with E-state index in [2.05, 4.69) is 10.0 Å². The summed E-state index contributed by atoms with van der Waals surface area (Å²) in [6.07, 6.45) is 5.56. The second kappa shape index (κ2) is 6.75. The van der Waals surface area contributed by atoms with Crippen LogP contribution < -0.4 is 10.0 Å². The number of sulfonamides is 1. The molecule has 3 rings (SSSR count). The van der Waals surface area contributed by atoms with Gasteiger partial charge in [0, 0.05) is 30.6 Å². The molecule has 0 spiro atoms. The highest BCUT2D eigenvalue weighted by Crippen LogP contribution is 2.24. The van der Waals surface area contributed by atoms with Gasteiger partial charge in [-0.3, -0.25) is 0 Å². The summed E-state index contributed by atoms with van der Waals surface area (Å²) < 4.78 is 33.0. The third-order valence-corrected chi connectivity index (χ3v) is 6.86. The van der Waals surface area contributed by atoms with Gasteiger partial charge in [-0.05, 0) is 44.2 Å². The van der Waals surface area contributed by atoms with Crippen LogP contribution in [-0.2, 0) is 21.3 Å². The lowest BCUT2D eigenvalue weighted by Gasteiger charge is -2.09. The van der Waals surface area contributed by atoms with Gasteiger partial charge in [0.05, 0.1) is 6.10 Å². The lowest BCUT2D eigenvalue weighted by Crippen LogP contribution is -2.26. The Balaban J connectivity index is 1.48. The highest BCUT2D eigenvalue weighted by atomic mass is 32.2. The van der Waals surface area contributed by atoms with Crippen LogP contribution in [-0.4, -0.2) is 33.7 Å². The van der Waals surface area contributed by atoms with E-state index in [0.29, 0.717) is 16.8 Å². The highest BCUT2D eigenvalue weighted by molar-refractivity contribution is 7.91. The number of hydrogen-bond acceptors (Lipinski definition) is 5. The molecule has 1 aromatic heterocycles. The van der Waals surface area contributed by atoms with Crippen LogP contribution in [0.2, 0.25) is 0 Å². The van der Waals surface area contributed by atoms with Crippen LogP contribution in [0, 0.1) is 0 Å². The first-order valence-corrected chi connectivity index (χ1v) is 9.87. The molecular formula is C14H22N2O3S2. The van der Waals surface area contributed by atoms with Gasteiger partial charge in [-0.25, -0.2) is 13.1 Å². The van der Waals surface area contributed by atoms with Crippen molar-refractivity contribution in [1.82, 2.24) is 10.0 Å². The fourth-order valence-electron chi connectivity index (χ4n) is 2.43. The van der Waals surface area contributed by atoms with E-state index >= 15 is 0 Å². The van der Waals surface area contributed by atoms with Crippen LogP contribution >= 0.6 is 11.3 Å². The zero-order valence-corrected chi connectivity index (χ0v) is 13.6. The van der Waals surface area contributed by atoms with Crippen molar-refractivity contribution in [1.29, 1.82) is 0 Å². The Hall–Kier alpha value is -0.470. The first kappa shape index (κ1) is 15.4. The normalized spacial score (nSPS) is 22.8. The predicted molar refractivity (Wildman–Crippen MR) is 83.0 cm³/mol. The minimum Gasteiger partial charge on any atom is -0.378 e. The summed E-state index contributed by atoms with van der Waals surface area (Å²) in [6.45, 7) is 2.01. The van der Waals surface area contributed by atoms with E-state index in [0.717, 1.165) is 37.3 Å². The molecule has 1 saturated carbocycles. The molecule has 1 saturated heterocycles. The summed E-state index contributed by atoms with van der Waals surface area (Å²) in [6, 6.07) is 4.23. The first-order chi connectivity index (χ1) is 10.1. The maximum Gasteiger partial charge on any atom is 0.250 e. The van der Waals surface area contributed by atoms with Crippen molar-refractivity contribution in [3.63, 3.8) is 0 Å².